The van der Waals surface area contributed by atoms with Gasteiger partial charge in [0.2, 0.25) is 0 Å². The number of hydrogen-bond acceptors (Lipinski definition) is 2. The first-order chi connectivity index (χ1) is 6.47. The molecule has 0 spiro atoms. The fraction of sp³-hybridized carbons (Fsp3) is 0.333. The van der Waals surface area contributed by atoms with Crippen molar-refractivity contribution in [1.82, 2.24) is 0 Å². The van der Waals surface area contributed by atoms with E-state index in [-0.39, 0.29) is 10.6 Å². The van der Waals surface area contributed by atoms with Crippen molar-refractivity contribution >= 4 is 25.8 Å². The maximum absolute atomic E-state index is 12.7. The summed E-state index contributed by atoms with van der Waals surface area (Å²) in [6.07, 6.45) is 0. The molecule has 0 unspecified atom stereocenters. The Bertz CT molecular complexity index is 428. The summed E-state index contributed by atoms with van der Waals surface area (Å²) in [6, 6.07) is 3.69. The summed E-state index contributed by atoms with van der Waals surface area (Å²) in [5, 5.41) is 0.381. The lowest BCUT2D eigenvalue weighted by molar-refractivity contribution is 0.595. The molecule has 0 aliphatic rings. The normalized spacial score (nSPS) is 11.6. The number of rotatable bonds is 3. The van der Waals surface area contributed by atoms with E-state index in [1.54, 1.807) is 6.92 Å². The third-order valence-corrected chi connectivity index (χ3v) is 4.61. The Morgan fingerprint density at radius 1 is 1.43 bits per heavy atom. The van der Waals surface area contributed by atoms with Crippen molar-refractivity contribution < 1.29 is 12.8 Å². The van der Waals surface area contributed by atoms with Gasteiger partial charge in [-0.25, -0.2) is 12.8 Å². The second kappa shape index (κ2) is 4.40. The number of benzene rings is 1. The molecule has 0 aromatic heterocycles. The van der Waals surface area contributed by atoms with Gasteiger partial charge in [0, 0.05) is 5.33 Å². The van der Waals surface area contributed by atoms with Crippen molar-refractivity contribution in [3.63, 3.8) is 0 Å². The van der Waals surface area contributed by atoms with E-state index in [9.17, 15) is 12.8 Å². The molecule has 14 heavy (non-hydrogen) atoms. The van der Waals surface area contributed by atoms with Gasteiger partial charge in [0.1, 0.15) is 5.82 Å². The Morgan fingerprint density at radius 3 is 2.57 bits per heavy atom. The molecule has 78 valence electrons. The van der Waals surface area contributed by atoms with Crippen LogP contribution in [0.4, 0.5) is 4.39 Å². The highest BCUT2D eigenvalue weighted by molar-refractivity contribution is 9.09. The quantitative estimate of drug-likeness (QED) is 0.629. The SMILES string of the molecule is Cc1cc(F)ccc1S(=O)(=O)CCBr. The molecule has 1 aromatic rings. The second-order valence-electron chi connectivity index (χ2n) is 2.92. The largest absolute Gasteiger partial charge is 0.224 e. The van der Waals surface area contributed by atoms with Gasteiger partial charge in [-0.15, -0.1) is 0 Å². The van der Waals surface area contributed by atoms with Gasteiger partial charge in [-0.05, 0) is 30.7 Å². The summed E-state index contributed by atoms with van der Waals surface area (Å²) in [5.74, 6) is -0.389. The van der Waals surface area contributed by atoms with E-state index >= 15 is 0 Å². The van der Waals surface area contributed by atoms with Gasteiger partial charge < -0.3 is 0 Å². The highest BCUT2D eigenvalue weighted by Gasteiger charge is 2.16. The Hall–Kier alpha value is -0.420. The Balaban J connectivity index is 3.20. The lowest BCUT2D eigenvalue weighted by atomic mass is 10.2. The van der Waals surface area contributed by atoms with Crippen molar-refractivity contribution in [3.05, 3.63) is 29.6 Å². The van der Waals surface area contributed by atoms with Crippen LogP contribution in [0.3, 0.4) is 0 Å². The van der Waals surface area contributed by atoms with Crippen molar-refractivity contribution in [2.45, 2.75) is 11.8 Å². The first-order valence-corrected chi connectivity index (χ1v) is 6.79. The van der Waals surface area contributed by atoms with E-state index in [1.807, 2.05) is 0 Å². The van der Waals surface area contributed by atoms with Crippen LogP contribution in [0.2, 0.25) is 0 Å². The van der Waals surface area contributed by atoms with Gasteiger partial charge in [-0.3, -0.25) is 0 Å². The monoisotopic (exact) mass is 280 g/mol. The topological polar surface area (TPSA) is 34.1 Å². The molecule has 0 aliphatic heterocycles. The fourth-order valence-corrected chi connectivity index (χ4v) is 3.70. The summed E-state index contributed by atoms with van der Waals surface area (Å²) >= 11 is 3.07. The first-order valence-electron chi connectivity index (χ1n) is 4.02. The minimum Gasteiger partial charge on any atom is -0.224 e. The Kier molecular flexibility index (Phi) is 3.66. The van der Waals surface area contributed by atoms with Crippen LogP contribution < -0.4 is 0 Å². The van der Waals surface area contributed by atoms with Crippen LogP contribution in [0.5, 0.6) is 0 Å². The molecule has 1 rings (SSSR count). The highest BCUT2D eigenvalue weighted by Crippen LogP contribution is 2.17. The van der Waals surface area contributed by atoms with Crippen LogP contribution >= 0.6 is 15.9 Å². The highest BCUT2D eigenvalue weighted by atomic mass is 79.9. The van der Waals surface area contributed by atoms with Crippen molar-refractivity contribution in [2.75, 3.05) is 11.1 Å². The van der Waals surface area contributed by atoms with Gasteiger partial charge in [0.05, 0.1) is 10.6 Å². The number of hydrogen-bond donors (Lipinski definition) is 0. The molecule has 0 N–H and O–H groups in total. The van der Waals surface area contributed by atoms with E-state index in [2.05, 4.69) is 15.9 Å². The molecule has 0 fully saturated rings. The smallest absolute Gasteiger partial charge is 0.179 e. The molecule has 0 amide bonds. The molecule has 0 bridgehead atoms. The minimum absolute atomic E-state index is 0.0273. The average Bonchev–Trinajstić information content (AvgIpc) is 2.02. The number of sulfone groups is 1. The minimum atomic E-state index is -3.27. The van der Waals surface area contributed by atoms with E-state index in [0.29, 0.717) is 10.9 Å². The lowest BCUT2D eigenvalue weighted by Gasteiger charge is -2.05. The zero-order chi connectivity index (χ0) is 10.8. The van der Waals surface area contributed by atoms with Crippen molar-refractivity contribution in [1.29, 1.82) is 0 Å². The summed E-state index contributed by atoms with van der Waals surface area (Å²) in [6.45, 7) is 1.59. The van der Waals surface area contributed by atoms with Gasteiger partial charge in [0.25, 0.3) is 0 Å². The molecule has 0 aliphatic carbocycles. The molecule has 5 heteroatoms. The van der Waals surface area contributed by atoms with E-state index in [0.717, 1.165) is 6.07 Å². The number of alkyl halides is 1. The Morgan fingerprint density at radius 2 is 2.07 bits per heavy atom. The fourth-order valence-electron chi connectivity index (χ4n) is 1.17. The van der Waals surface area contributed by atoms with E-state index < -0.39 is 15.7 Å². The van der Waals surface area contributed by atoms with Gasteiger partial charge in [-0.1, -0.05) is 15.9 Å². The van der Waals surface area contributed by atoms with Crippen molar-refractivity contribution in [2.24, 2.45) is 0 Å². The van der Waals surface area contributed by atoms with Gasteiger partial charge in [0.15, 0.2) is 9.84 Å². The Labute approximate surface area is 91.2 Å². The summed E-state index contributed by atoms with van der Waals surface area (Å²) in [4.78, 5) is 0.207. The van der Waals surface area contributed by atoms with Gasteiger partial charge in [-0.2, -0.15) is 0 Å². The first kappa shape index (κ1) is 11.7. The molecule has 0 radical (unpaired) electrons. The predicted octanol–water partition coefficient (Wildman–Crippen LogP) is 2.30. The second-order valence-corrected chi connectivity index (χ2v) is 5.79. The third kappa shape index (κ3) is 2.54. The third-order valence-electron chi connectivity index (χ3n) is 1.82. The summed E-state index contributed by atoms with van der Waals surface area (Å²) in [7, 11) is -3.27. The predicted molar refractivity (Wildman–Crippen MR) is 57.0 cm³/mol. The number of aryl methyl sites for hydroxylation is 1. The molecule has 2 nitrogen and oxygen atoms in total. The van der Waals surface area contributed by atoms with Crippen LogP contribution in [-0.4, -0.2) is 19.5 Å². The van der Waals surface area contributed by atoms with Crippen molar-refractivity contribution in [3.8, 4) is 0 Å². The molecule has 0 saturated heterocycles. The molecule has 0 saturated carbocycles. The summed E-state index contributed by atoms with van der Waals surface area (Å²) < 4.78 is 35.9. The van der Waals surface area contributed by atoms with E-state index in [4.69, 9.17) is 0 Å². The molecule has 1 aromatic carbocycles. The zero-order valence-corrected chi connectivity index (χ0v) is 10.0. The van der Waals surface area contributed by atoms with E-state index in [1.165, 1.54) is 12.1 Å². The lowest BCUT2D eigenvalue weighted by Crippen LogP contribution is -2.09. The van der Waals surface area contributed by atoms with Crippen LogP contribution in [0.15, 0.2) is 23.1 Å². The van der Waals surface area contributed by atoms with Gasteiger partial charge >= 0.3 is 0 Å². The standard InChI is InChI=1S/C9H10BrFO2S/c1-7-6-8(11)2-3-9(7)14(12,13)5-4-10/h2-3,6H,4-5H2,1H3. The van der Waals surface area contributed by atoms with Crippen LogP contribution in [-0.2, 0) is 9.84 Å². The van der Waals surface area contributed by atoms with Crippen LogP contribution in [0.1, 0.15) is 5.56 Å². The van der Waals surface area contributed by atoms with Crippen LogP contribution in [0.25, 0.3) is 0 Å². The molecular formula is C9H10BrFO2S. The summed E-state index contributed by atoms with van der Waals surface area (Å²) in [5.41, 5.74) is 0.450. The molecule has 0 heterocycles. The maximum Gasteiger partial charge on any atom is 0.179 e. The number of halogens is 2. The molecule has 0 atom stereocenters. The maximum atomic E-state index is 12.7. The average molecular weight is 281 g/mol. The molecular weight excluding hydrogens is 271 g/mol. The van der Waals surface area contributed by atoms with Crippen LogP contribution in [0, 0.1) is 12.7 Å². The zero-order valence-electron chi connectivity index (χ0n) is 7.63.